The summed E-state index contributed by atoms with van der Waals surface area (Å²) in [6.45, 7) is 5.91. The van der Waals surface area contributed by atoms with Crippen LogP contribution in [-0.2, 0) is 19.4 Å². The van der Waals surface area contributed by atoms with Gasteiger partial charge in [0.25, 0.3) is 5.91 Å². The number of amides is 1. The molecule has 0 bridgehead atoms. The van der Waals surface area contributed by atoms with E-state index >= 15 is 0 Å². The topological polar surface area (TPSA) is 63.9 Å². The molecule has 0 saturated heterocycles. The van der Waals surface area contributed by atoms with E-state index in [0.29, 0.717) is 13.1 Å². The molecule has 1 amide bonds. The number of fused-ring (bicyclic) bond motifs is 1. The average Bonchev–Trinajstić information content (AvgIpc) is 3.09. The number of benzene rings is 1. The summed E-state index contributed by atoms with van der Waals surface area (Å²) < 4.78 is 2.17. The highest BCUT2D eigenvalue weighted by Gasteiger charge is 2.25. The van der Waals surface area contributed by atoms with Crippen LogP contribution in [0.15, 0.2) is 30.3 Å². The van der Waals surface area contributed by atoms with Gasteiger partial charge in [-0.25, -0.2) is 4.98 Å². The van der Waals surface area contributed by atoms with Crippen LogP contribution >= 0.6 is 11.3 Å². The summed E-state index contributed by atoms with van der Waals surface area (Å²) in [6, 6.07) is 10.3. The van der Waals surface area contributed by atoms with E-state index in [0.717, 1.165) is 46.6 Å². The highest BCUT2D eigenvalue weighted by molar-refractivity contribution is 7.13. The van der Waals surface area contributed by atoms with Crippen LogP contribution in [0.25, 0.3) is 0 Å². The van der Waals surface area contributed by atoms with Crippen LogP contribution in [0.1, 0.15) is 37.6 Å². The number of rotatable bonds is 3. The van der Waals surface area contributed by atoms with Crippen LogP contribution in [0.4, 0.5) is 0 Å². The minimum absolute atomic E-state index is 0.0800. The molecule has 134 valence electrons. The van der Waals surface area contributed by atoms with Crippen molar-refractivity contribution in [1.82, 2.24) is 24.6 Å². The molecule has 0 saturated carbocycles. The molecule has 0 aliphatic carbocycles. The van der Waals surface area contributed by atoms with E-state index in [9.17, 15) is 4.79 Å². The van der Waals surface area contributed by atoms with Crippen molar-refractivity contribution in [1.29, 1.82) is 0 Å². The fourth-order valence-corrected chi connectivity index (χ4v) is 4.26. The molecule has 0 fully saturated rings. The molecule has 26 heavy (non-hydrogen) atoms. The zero-order valence-electron chi connectivity index (χ0n) is 15.0. The number of carbonyl (C=O) groups excluding carboxylic acids is 1. The SMILES string of the molecule is Cc1nc(C)c(C(=O)N2CCc3nnc(Cc4ccccc4)n3CC2)s1. The number of carbonyl (C=O) groups is 1. The van der Waals surface area contributed by atoms with Crippen molar-refractivity contribution in [3.05, 3.63) is 63.1 Å². The van der Waals surface area contributed by atoms with Gasteiger partial charge in [0.1, 0.15) is 16.5 Å². The average molecular weight is 367 g/mol. The second-order valence-electron chi connectivity index (χ2n) is 6.54. The molecule has 3 aromatic rings. The van der Waals surface area contributed by atoms with E-state index < -0.39 is 0 Å². The first-order chi connectivity index (χ1) is 12.6. The third kappa shape index (κ3) is 3.26. The third-order valence-electron chi connectivity index (χ3n) is 4.69. The molecule has 0 N–H and O–H groups in total. The first kappa shape index (κ1) is 16.9. The maximum Gasteiger partial charge on any atom is 0.265 e. The lowest BCUT2D eigenvalue weighted by Crippen LogP contribution is -2.33. The fraction of sp³-hybridized carbons (Fsp3) is 0.368. The predicted molar refractivity (Wildman–Crippen MR) is 100 cm³/mol. The number of hydrogen-bond donors (Lipinski definition) is 0. The molecular formula is C19H21N5OS. The smallest absolute Gasteiger partial charge is 0.265 e. The second kappa shape index (κ2) is 6.99. The number of aromatic nitrogens is 4. The van der Waals surface area contributed by atoms with Gasteiger partial charge in [0.05, 0.1) is 10.7 Å². The van der Waals surface area contributed by atoms with Crippen LogP contribution in [0.3, 0.4) is 0 Å². The number of hydrogen-bond acceptors (Lipinski definition) is 5. The Morgan fingerprint density at radius 3 is 2.65 bits per heavy atom. The van der Waals surface area contributed by atoms with Gasteiger partial charge in [-0.05, 0) is 19.4 Å². The minimum atomic E-state index is 0.0800. The number of nitrogens with zero attached hydrogens (tertiary/aromatic N) is 5. The molecule has 1 aromatic carbocycles. The zero-order chi connectivity index (χ0) is 18.1. The monoisotopic (exact) mass is 367 g/mol. The Morgan fingerprint density at radius 1 is 1.12 bits per heavy atom. The molecule has 2 aromatic heterocycles. The lowest BCUT2D eigenvalue weighted by molar-refractivity contribution is 0.0762. The molecule has 0 spiro atoms. The quantitative estimate of drug-likeness (QED) is 0.714. The lowest BCUT2D eigenvalue weighted by atomic mass is 10.1. The van der Waals surface area contributed by atoms with Crippen LogP contribution < -0.4 is 0 Å². The van der Waals surface area contributed by atoms with E-state index in [2.05, 4.69) is 31.9 Å². The van der Waals surface area contributed by atoms with Gasteiger partial charge in [0.15, 0.2) is 0 Å². The summed E-state index contributed by atoms with van der Waals surface area (Å²) in [4.78, 5) is 19.9. The summed E-state index contributed by atoms with van der Waals surface area (Å²) in [5.41, 5.74) is 2.04. The Balaban J connectivity index is 1.51. The first-order valence-corrected chi connectivity index (χ1v) is 9.61. The summed E-state index contributed by atoms with van der Waals surface area (Å²) >= 11 is 1.48. The van der Waals surface area contributed by atoms with Gasteiger partial charge in [-0.1, -0.05) is 30.3 Å². The highest BCUT2D eigenvalue weighted by atomic mass is 32.1. The highest BCUT2D eigenvalue weighted by Crippen LogP contribution is 2.21. The van der Waals surface area contributed by atoms with Crippen LogP contribution in [0.2, 0.25) is 0 Å². The molecule has 6 nitrogen and oxygen atoms in total. The van der Waals surface area contributed by atoms with Crippen LogP contribution in [-0.4, -0.2) is 43.6 Å². The van der Waals surface area contributed by atoms with Gasteiger partial charge in [0, 0.05) is 32.5 Å². The van der Waals surface area contributed by atoms with E-state index in [-0.39, 0.29) is 5.91 Å². The molecule has 0 radical (unpaired) electrons. The molecule has 1 aliphatic rings. The van der Waals surface area contributed by atoms with Gasteiger partial charge in [-0.3, -0.25) is 4.79 Å². The van der Waals surface area contributed by atoms with Gasteiger partial charge < -0.3 is 9.47 Å². The Labute approximate surface area is 156 Å². The Kier molecular flexibility index (Phi) is 4.55. The molecule has 0 unspecified atom stereocenters. The van der Waals surface area contributed by atoms with Gasteiger partial charge >= 0.3 is 0 Å². The Morgan fingerprint density at radius 2 is 1.92 bits per heavy atom. The predicted octanol–water partition coefficient (Wildman–Crippen LogP) is 2.64. The fourth-order valence-electron chi connectivity index (χ4n) is 3.37. The van der Waals surface area contributed by atoms with Gasteiger partial charge in [0.2, 0.25) is 0 Å². The molecular weight excluding hydrogens is 346 g/mol. The lowest BCUT2D eigenvalue weighted by Gasteiger charge is -2.19. The minimum Gasteiger partial charge on any atom is -0.336 e. The van der Waals surface area contributed by atoms with Gasteiger partial charge in [-0.2, -0.15) is 0 Å². The Bertz CT molecular complexity index is 931. The van der Waals surface area contributed by atoms with Crippen LogP contribution in [0, 0.1) is 13.8 Å². The number of thiazole rings is 1. The standard InChI is InChI=1S/C19H21N5OS/c1-13-18(26-14(2)20-13)19(25)23-9-8-16-21-22-17(24(16)11-10-23)12-15-6-4-3-5-7-15/h3-7H,8-12H2,1-2H3. The van der Waals surface area contributed by atoms with E-state index in [1.807, 2.05) is 36.9 Å². The molecule has 4 rings (SSSR count). The normalized spacial score (nSPS) is 14.2. The van der Waals surface area contributed by atoms with Gasteiger partial charge in [-0.15, -0.1) is 21.5 Å². The van der Waals surface area contributed by atoms with E-state index in [4.69, 9.17) is 0 Å². The van der Waals surface area contributed by atoms with Crippen molar-refractivity contribution < 1.29 is 4.79 Å². The maximum atomic E-state index is 12.9. The van der Waals surface area contributed by atoms with Crippen molar-refractivity contribution in [3.63, 3.8) is 0 Å². The van der Waals surface area contributed by atoms with Crippen molar-refractivity contribution in [2.45, 2.75) is 33.2 Å². The summed E-state index contributed by atoms with van der Waals surface area (Å²) in [7, 11) is 0. The summed E-state index contributed by atoms with van der Waals surface area (Å²) in [6.07, 6.45) is 1.49. The second-order valence-corrected chi connectivity index (χ2v) is 7.74. The van der Waals surface area contributed by atoms with Crippen molar-refractivity contribution in [3.8, 4) is 0 Å². The molecule has 1 aliphatic heterocycles. The molecule has 3 heterocycles. The summed E-state index contributed by atoms with van der Waals surface area (Å²) in [5, 5.41) is 9.68. The largest absolute Gasteiger partial charge is 0.336 e. The summed E-state index contributed by atoms with van der Waals surface area (Å²) in [5.74, 6) is 2.00. The third-order valence-corrected chi connectivity index (χ3v) is 5.75. The molecule has 7 heteroatoms. The van der Waals surface area contributed by atoms with Crippen molar-refractivity contribution >= 4 is 17.2 Å². The first-order valence-electron chi connectivity index (χ1n) is 8.80. The number of aryl methyl sites for hydroxylation is 2. The van der Waals surface area contributed by atoms with Crippen molar-refractivity contribution in [2.75, 3.05) is 13.1 Å². The van der Waals surface area contributed by atoms with E-state index in [1.54, 1.807) is 0 Å². The van der Waals surface area contributed by atoms with Crippen LogP contribution in [0.5, 0.6) is 0 Å². The maximum absolute atomic E-state index is 12.9. The molecule has 0 atom stereocenters. The van der Waals surface area contributed by atoms with E-state index in [1.165, 1.54) is 16.9 Å². The zero-order valence-corrected chi connectivity index (χ0v) is 15.8. The Hall–Kier alpha value is -2.54. The van der Waals surface area contributed by atoms with Crippen molar-refractivity contribution in [2.24, 2.45) is 0 Å².